The highest BCUT2D eigenvalue weighted by atomic mass is 35.5. The van der Waals surface area contributed by atoms with Crippen LogP contribution in [0.4, 0.5) is 5.13 Å². The molecule has 0 atom stereocenters. The van der Waals surface area contributed by atoms with Crippen LogP contribution in [0.5, 0.6) is 11.5 Å². The van der Waals surface area contributed by atoms with Crippen molar-refractivity contribution in [2.75, 3.05) is 12.4 Å². The topological polar surface area (TPSA) is 115 Å². The zero-order chi connectivity index (χ0) is 24.5. The smallest absolute Gasteiger partial charge is 0.247 e. The lowest BCUT2D eigenvalue weighted by Crippen LogP contribution is -2.19. The Morgan fingerprint density at radius 1 is 1.12 bits per heavy atom. The number of hydrogen-bond donors (Lipinski definition) is 2. The molecule has 2 aromatic carbocycles. The number of methoxy groups -OCH3 is 1. The first-order valence-electron chi connectivity index (χ1n) is 10.1. The maximum atomic E-state index is 12.1. The minimum Gasteiger partial charge on any atom is -0.493 e. The van der Waals surface area contributed by atoms with Crippen LogP contribution < -0.4 is 20.2 Å². The number of ether oxygens (including phenoxy) is 2. The second-order valence-corrected chi connectivity index (χ2v) is 8.71. The molecule has 0 unspecified atom stereocenters. The lowest BCUT2D eigenvalue weighted by atomic mass is 10.2. The fourth-order valence-electron chi connectivity index (χ4n) is 2.62. The van der Waals surface area contributed by atoms with Crippen LogP contribution in [0.2, 0.25) is 10.0 Å². The fourth-order valence-corrected chi connectivity index (χ4v) is 3.83. The predicted molar refractivity (Wildman–Crippen MR) is 132 cm³/mol. The number of hydrogen-bond acceptors (Lipinski definition) is 8. The zero-order valence-electron chi connectivity index (χ0n) is 18.3. The normalized spacial score (nSPS) is 10.8. The molecule has 178 valence electrons. The molecule has 0 aliphatic carbocycles. The van der Waals surface area contributed by atoms with Gasteiger partial charge in [-0.05, 0) is 35.9 Å². The van der Waals surface area contributed by atoms with Gasteiger partial charge in [0.25, 0.3) is 0 Å². The monoisotopic (exact) mass is 521 g/mol. The Morgan fingerprint density at radius 2 is 1.94 bits per heavy atom. The van der Waals surface area contributed by atoms with E-state index in [1.54, 1.807) is 43.3 Å². The standard InChI is InChI=1S/C22H21Cl2N5O4S/c1-3-19(30)26-22-29-28-21(34-22)10-20(31)27-25-11-13-4-7-17(18(8-13)32-2)33-12-14-5-6-15(23)9-16(14)24/h4-9,11H,3,10,12H2,1-2H3,(H,27,31)(H,26,29,30)/b25-11+. The first-order chi connectivity index (χ1) is 16.4. The van der Waals surface area contributed by atoms with Gasteiger partial charge in [-0.25, -0.2) is 5.43 Å². The first-order valence-corrected chi connectivity index (χ1v) is 11.6. The SMILES string of the molecule is CCC(=O)Nc1nnc(CC(=O)N/N=C/c2ccc(OCc3ccc(Cl)cc3Cl)c(OC)c2)s1. The van der Waals surface area contributed by atoms with Crippen molar-refractivity contribution in [2.45, 2.75) is 26.4 Å². The van der Waals surface area contributed by atoms with Gasteiger partial charge in [0.2, 0.25) is 16.9 Å². The van der Waals surface area contributed by atoms with E-state index in [9.17, 15) is 9.59 Å². The molecule has 12 heteroatoms. The van der Waals surface area contributed by atoms with E-state index in [0.29, 0.717) is 43.7 Å². The zero-order valence-corrected chi connectivity index (χ0v) is 20.6. The van der Waals surface area contributed by atoms with E-state index in [2.05, 4.69) is 26.0 Å². The first kappa shape index (κ1) is 25.4. The number of carbonyl (C=O) groups is 2. The highest BCUT2D eigenvalue weighted by Crippen LogP contribution is 2.29. The Kier molecular flexibility index (Phi) is 9.20. The summed E-state index contributed by atoms with van der Waals surface area (Å²) in [6.45, 7) is 1.97. The third kappa shape index (κ3) is 7.41. The average Bonchev–Trinajstić information content (AvgIpc) is 3.25. The Hall–Kier alpha value is -3.21. The Bertz CT molecular complexity index is 1200. The van der Waals surface area contributed by atoms with Crippen LogP contribution in [0.15, 0.2) is 41.5 Å². The Labute approximate surface area is 210 Å². The molecule has 0 aliphatic heterocycles. The maximum absolute atomic E-state index is 12.1. The number of benzene rings is 2. The molecule has 2 N–H and O–H groups in total. The van der Waals surface area contributed by atoms with Gasteiger partial charge in [0.1, 0.15) is 11.6 Å². The van der Waals surface area contributed by atoms with Gasteiger partial charge in [-0.1, -0.05) is 47.5 Å². The van der Waals surface area contributed by atoms with Crippen LogP contribution in [0.1, 0.15) is 29.5 Å². The van der Waals surface area contributed by atoms with E-state index in [1.165, 1.54) is 13.3 Å². The summed E-state index contributed by atoms with van der Waals surface area (Å²) in [6.07, 6.45) is 1.80. The molecule has 0 saturated carbocycles. The van der Waals surface area contributed by atoms with Crippen molar-refractivity contribution in [2.24, 2.45) is 5.10 Å². The van der Waals surface area contributed by atoms with E-state index in [4.69, 9.17) is 32.7 Å². The average molecular weight is 522 g/mol. The van der Waals surface area contributed by atoms with Crippen LogP contribution in [-0.4, -0.2) is 35.3 Å². The number of hydrazone groups is 1. The summed E-state index contributed by atoms with van der Waals surface area (Å²) in [5, 5.41) is 16.2. The molecule has 3 rings (SSSR count). The van der Waals surface area contributed by atoms with Gasteiger partial charge < -0.3 is 14.8 Å². The van der Waals surface area contributed by atoms with Gasteiger partial charge in [-0.2, -0.15) is 5.10 Å². The van der Waals surface area contributed by atoms with Crippen molar-refractivity contribution in [1.29, 1.82) is 0 Å². The van der Waals surface area contributed by atoms with E-state index >= 15 is 0 Å². The van der Waals surface area contributed by atoms with Gasteiger partial charge >= 0.3 is 0 Å². The summed E-state index contributed by atoms with van der Waals surface area (Å²) < 4.78 is 11.2. The Balaban J connectivity index is 1.54. The van der Waals surface area contributed by atoms with Crippen LogP contribution in [0, 0.1) is 0 Å². The fraction of sp³-hybridized carbons (Fsp3) is 0.227. The van der Waals surface area contributed by atoms with Crippen molar-refractivity contribution in [3.05, 3.63) is 62.6 Å². The highest BCUT2D eigenvalue weighted by molar-refractivity contribution is 7.15. The quantitative estimate of drug-likeness (QED) is 0.300. The summed E-state index contributed by atoms with van der Waals surface area (Å²) in [5.41, 5.74) is 3.91. The van der Waals surface area contributed by atoms with Crippen molar-refractivity contribution in [1.82, 2.24) is 15.6 Å². The lowest BCUT2D eigenvalue weighted by molar-refractivity contribution is -0.120. The molecule has 0 radical (unpaired) electrons. The molecule has 1 aromatic heterocycles. The van der Waals surface area contributed by atoms with Crippen molar-refractivity contribution in [3.63, 3.8) is 0 Å². The van der Waals surface area contributed by atoms with E-state index in [1.807, 2.05) is 0 Å². The van der Waals surface area contributed by atoms with Crippen LogP contribution >= 0.6 is 34.5 Å². The number of carbonyl (C=O) groups excluding carboxylic acids is 2. The lowest BCUT2D eigenvalue weighted by Gasteiger charge is -2.12. The number of nitrogens with zero attached hydrogens (tertiary/aromatic N) is 3. The molecular formula is C22H21Cl2N5O4S. The third-order valence-corrected chi connectivity index (χ3v) is 5.76. The second kappa shape index (κ2) is 12.3. The number of aromatic nitrogens is 2. The number of rotatable bonds is 10. The molecule has 0 bridgehead atoms. The van der Waals surface area contributed by atoms with E-state index < -0.39 is 0 Å². The number of nitrogens with one attached hydrogen (secondary N) is 2. The summed E-state index contributed by atoms with van der Waals surface area (Å²) in [7, 11) is 1.53. The van der Waals surface area contributed by atoms with Gasteiger partial charge in [-0.15, -0.1) is 10.2 Å². The molecule has 9 nitrogen and oxygen atoms in total. The molecule has 0 aliphatic rings. The Morgan fingerprint density at radius 3 is 2.68 bits per heavy atom. The molecule has 34 heavy (non-hydrogen) atoms. The summed E-state index contributed by atoms with van der Waals surface area (Å²) >= 11 is 13.2. The van der Waals surface area contributed by atoms with Crippen molar-refractivity contribution < 1.29 is 19.1 Å². The van der Waals surface area contributed by atoms with Crippen LogP contribution in [0.3, 0.4) is 0 Å². The molecule has 3 aromatic rings. The molecule has 1 heterocycles. The van der Waals surface area contributed by atoms with Gasteiger partial charge in [0.15, 0.2) is 11.5 Å². The van der Waals surface area contributed by atoms with Gasteiger partial charge in [0, 0.05) is 22.0 Å². The molecule has 0 spiro atoms. The van der Waals surface area contributed by atoms with Gasteiger partial charge in [0.05, 0.1) is 19.7 Å². The van der Waals surface area contributed by atoms with E-state index in [-0.39, 0.29) is 24.8 Å². The molecule has 0 fully saturated rings. The molecular weight excluding hydrogens is 501 g/mol. The predicted octanol–water partition coefficient (Wildman–Crippen LogP) is 4.47. The molecule has 0 saturated heterocycles. The van der Waals surface area contributed by atoms with Crippen LogP contribution in [0.25, 0.3) is 0 Å². The van der Waals surface area contributed by atoms with Crippen molar-refractivity contribution >= 4 is 57.7 Å². The number of halogens is 2. The maximum Gasteiger partial charge on any atom is 0.247 e. The van der Waals surface area contributed by atoms with E-state index in [0.717, 1.165) is 16.9 Å². The minimum absolute atomic E-state index is 0.0135. The summed E-state index contributed by atoms with van der Waals surface area (Å²) in [6, 6.07) is 10.4. The number of amides is 2. The van der Waals surface area contributed by atoms with Crippen LogP contribution in [-0.2, 0) is 22.6 Å². The third-order valence-electron chi connectivity index (χ3n) is 4.33. The largest absolute Gasteiger partial charge is 0.493 e. The van der Waals surface area contributed by atoms with Crippen molar-refractivity contribution in [3.8, 4) is 11.5 Å². The molecule has 2 amide bonds. The second-order valence-electron chi connectivity index (χ2n) is 6.81. The van der Waals surface area contributed by atoms with Gasteiger partial charge in [-0.3, -0.25) is 9.59 Å². The summed E-state index contributed by atoms with van der Waals surface area (Å²) in [5.74, 6) is 0.484. The summed E-state index contributed by atoms with van der Waals surface area (Å²) in [4.78, 5) is 23.5. The number of anilines is 1. The minimum atomic E-state index is -0.368. The highest BCUT2D eigenvalue weighted by Gasteiger charge is 2.11.